The van der Waals surface area contributed by atoms with Crippen LogP contribution < -0.4 is 15.5 Å². The van der Waals surface area contributed by atoms with E-state index in [1.54, 1.807) is 0 Å². The summed E-state index contributed by atoms with van der Waals surface area (Å²) in [5.41, 5.74) is -2.80. The normalized spacial score (nSPS) is 9.88. The quantitative estimate of drug-likeness (QED) is 0.402. The van der Waals surface area contributed by atoms with Crippen LogP contribution in [0.25, 0.3) is 0 Å². The van der Waals surface area contributed by atoms with E-state index in [1.165, 1.54) is 0 Å². The zero-order chi connectivity index (χ0) is 26.6. The number of carbonyl (C=O) groups is 2. The van der Waals surface area contributed by atoms with Crippen molar-refractivity contribution in [3.05, 3.63) is 62.8 Å². The second-order valence-corrected chi connectivity index (χ2v) is 5.91. The molecule has 2 rings (SSSR count). The fourth-order valence-electron chi connectivity index (χ4n) is 2.62. The molecule has 0 aliphatic carbocycles. The topological polar surface area (TPSA) is 127 Å². The number of methoxy groups -OCH3 is 2. The summed E-state index contributed by atoms with van der Waals surface area (Å²) in [7, 11) is 2.05. The summed E-state index contributed by atoms with van der Waals surface area (Å²) < 4.78 is 50.7. The Balaban J connectivity index is 0.00000258. The van der Waals surface area contributed by atoms with E-state index >= 15 is 0 Å². The van der Waals surface area contributed by atoms with Crippen molar-refractivity contribution in [2.24, 2.45) is 0 Å². The number of hydrogen-bond donors (Lipinski definition) is 3. The van der Waals surface area contributed by atoms with Crippen LogP contribution in [0.2, 0.25) is 0 Å². The Bertz CT molecular complexity index is 1020. The van der Waals surface area contributed by atoms with E-state index in [0.717, 1.165) is 25.0 Å². The molecule has 12 heteroatoms. The van der Waals surface area contributed by atoms with Crippen LogP contribution in [0.15, 0.2) is 23.1 Å². The van der Waals surface area contributed by atoms with Crippen molar-refractivity contribution < 1.29 is 42.4 Å². The molecule has 1 heterocycles. The van der Waals surface area contributed by atoms with E-state index < -0.39 is 76.7 Å². The van der Waals surface area contributed by atoms with Gasteiger partial charge in [-0.2, -0.15) is 0 Å². The number of halogens is 3. The third-order valence-corrected chi connectivity index (χ3v) is 3.96. The number of carbonyl (C=O) groups excluding carboxylic acids is 2. The summed E-state index contributed by atoms with van der Waals surface area (Å²) in [5.74, 6) is -6.41. The highest BCUT2D eigenvalue weighted by Gasteiger charge is 2.26. The van der Waals surface area contributed by atoms with Crippen molar-refractivity contribution in [3.8, 4) is 5.75 Å². The van der Waals surface area contributed by atoms with Gasteiger partial charge in [-0.25, -0.2) is 18.0 Å². The second-order valence-electron chi connectivity index (χ2n) is 5.91. The largest absolute Gasteiger partial charge is 0.491 e. The number of aliphatic hydroxyl groups excluding tert-OH is 1. The molecule has 0 unspecified atom stereocenters. The van der Waals surface area contributed by atoms with E-state index in [0.29, 0.717) is 12.1 Å². The first-order chi connectivity index (χ1) is 16.1. The van der Waals surface area contributed by atoms with E-state index in [4.69, 9.17) is 4.74 Å². The average Bonchev–Trinajstić information content (AvgIpc) is 2.80. The lowest BCUT2D eigenvalue weighted by molar-refractivity contribution is -0.0519. The second kappa shape index (κ2) is 14.7. The summed E-state index contributed by atoms with van der Waals surface area (Å²) in [6.45, 7) is 6.64. The smallest absolute Gasteiger partial charge is 0.358 e. The van der Waals surface area contributed by atoms with Gasteiger partial charge in [-0.05, 0) is 0 Å². The summed E-state index contributed by atoms with van der Waals surface area (Å²) in [4.78, 5) is 37.0. The number of hydrogen-bond acceptors (Lipinski definition) is 7. The van der Waals surface area contributed by atoms with E-state index in [-0.39, 0.29) is 0 Å². The van der Waals surface area contributed by atoms with Crippen LogP contribution in [-0.4, -0.2) is 47.2 Å². The molecule has 0 atom stereocenters. The number of amides is 1. The first-order valence-corrected chi connectivity index (χ1v) is 10.3. The number of aromatic nitrogens is 1. The van der Waals surface area contributed by atoms with Gasteiger partial charge >= 0.3 is 5.97 Å². The Hall–Kier alpha value is -3.38. The van der Waals surface area contributed by atoms with Crippen LogP contribution in [0.1, 0.15) is 54.1 Å². The van der Waals surface area contributed by atoms with E-state index in [1.807, 2.05) is 27.7 Å². The van der Waals surface area contributed by atoms with Crippen LogP contribution in [-0.2, 0) is 17.8 Å². The number of nitrogens with one attached hydrogen (secondary N) is 1. The maximum Gasteiger partial charge on any atom is 0.358 e. The number of esters is 1. The molecule has 1 aromatic heterocycles. The standard InChI is InChI=1S/C18H17F3N2O7.2C2H6/c1-29-16-14(18(28)30-2)23(7-13(24)25)6-10(15(16)26)17(27)22-5-9-11(20)3-8(19)4-12(9)21;2*1-2/h3-4,6,13,24-25H,5,7H2,1-2H3,(H,22,27);2*1-2H3. The van der Waals surface area contributed by atoms with Crippen LogP contribution in [0, 0.1) is 17.5 Å². The van der Waals surface area contributed by atoms with Crippen molar-refractivity contribution in [1.29, 1.82) is 0 Å². The van der Waals surface area contributed by atoms with Crippen LogP contribution in [0.3, 0.4) is 0 Å². The molecule has 1 amide bonds. The molecule has 1 aromatic carbocycles. The minimum absolute atomic E-state index is 0.425. The van der Waals surface area contributed by atoms with Gasteiger partial charge in [-0.1, -0.05) is 27.7 Å². The zero-order valence-electron chi connectivity index (χ0n) is 19.7. The lowest BCUT2D eigenvalue weighted by atomic mass is 10.1. The Morgan fingerprint density at radius 2 is 1.59 bits per heavy atom. The molecule has 0 radical (unpaired) electrons. The van der Waals surface area contributed by atoms with Crippen molar-refractivity contribution in [2.75, 3.05) is 14.2 Å². The minimum Gasteiger partial charge on any atom is -0.491 e. The maximum atomic E-state index is 13.7. The molecule has 3 N–H and O–H groups in total. The van der Waals surface area contributed by atoms with Gasteiger partial charge in [0.25, 0.3) is 5.91 Å². The Labute approximate surface area is 194 Å². The van der Waals surface area contributed by atoms with Crippen molar-refractivity contribution in [1.82, 2.24) is 9.88 Å². The van der Waals surface area contributed by atoms with Crippen molar-refractivity contribution in [2.45, 2.75) is 47.1 Å². The lowest BCUT2D eigenvalue weighted by Crippen LogP contribution is -2.33. The molecule has 0 saturated heterocycles. The molecule has 190 valence electrons. The third-order valence-electron chi connectivity index (χ3n) is 3.96. The van der Waals surface area contributed by atoms with E-state index in [2.05, 4.69) is 10.1 Å². The molecule has 0 aliphatic heterocycles. The van der Waals surface area contributed by atoms with Crippen molar-refractivity contribution in [3.63, 3.8) is 0 Å². The highest BCUT2D eigenvalue weighted by atomic mass is 19.1. The molecule has 0 bridgehead atoms. The van der Waals surface area contributed by atoms with Gasteiger partial charge in [-0.3, -0.25) is 9.59 Å². The number of rotatable bonds is 7. The van der Waals surface area contributed by atoms with Crippen molar-refractivity contribution >= 4 is 11.9 Å². The number of nitrogens with zero attached hydrogens (tertiary/aromatic N) is 1. The SMILES string of the molecule is CC.CC.COC(=O)c1c(OC)c(=O)c(C(=O)NCc2c(F)cc(F)cc2F)cn1CC(O)O. The molecule has 0 fully saturated rings. The summed E-state index contributed by atoms with van der Waals surface area (Å²) >= 11 is 0. The summed E-state index contributed by atoms with van der Waals surface area (Å²) in [6.07, 6.45) is -1.14. The van der Waals surface area contributed by atoms with Gasteiger partial charge in [0.15, 0.2) is 17.7 Å². The molecular weight excluding hydrogens is 461 g/mol. The van der Waals surface area contributed by atoms with Crippen LogP contribution in [0.5, 0.6) is 5.75 Å². The van der Waals surface area contributed by atoms with Gasteiger partial charge < -0.3 is 29.6 Å². The lowest BCUT2D eigenvalue weighted by Gasteiger charge is -2.17. The molecule has 2 aromatic rings. The molecule has 0 saturated carbocycles. The number of pyridine rings is 1. The number of ether oxygens (including phenoxy) is 2. The fraction of sp³-hybridized carbons (Fsp3) is 0.409. The summed E-state index contributed by atoms with van der Waals surface area (Å²) in [5, 5.41) is 20.6. The summed E-state index contributed by atoms with van der Waals surface area (Å²) in [6, 6.07) is 0.850. The first kappa shape index (κ1) is 30.6. The Morgan fingerprint density at radius 1 is 1.06 bits per heavy atom. The van der Waals surface area contributed by atoms with Crippen LogP contribution >= 0.6 is 0 Å². The third kappa shape index (κ3) is 7.59. The molecule has 0 spiro atoms. The number of benzene rings is 1. The van der Waals surface area contributed by atoms with Gasteiger partial charge in [0.2, 0.25) is 5.43 Å². The average molecular weight is 490 g/mol. The maximum absolute atomic E-state index is 13.7. The number of aliphatic hydroxyl groups is 2. The first-order valence-electron chi connectivity index (χ1n) is 10.3. The predicted molar refractivity (Wildman–Crippen MR) is 117 cm³/mol. The highest BCUT2D eigenvalue weighted by molar-refractivity contribution is 5.96. The molecule has 9 nitrogen and oxygen atoms in total. The predicted octanol–water partition coefficient (Wildman–Crippen LogP) is 2.35. The van der Waals surface area contributed by atoms with Crippen LogP contribution in [0.4, 0.5) is 13.2 Å². The monoisotopic (exact) mass is 490 g/mol. The van der Waals surface area contributed by atoms with Gasteiger partial charge in [0, 0.05) is 30.4 Å². The molecule has 0 aliphatic rings. The Morgan fingerprint density at radius 3 is 2.03 bits per heavy atom. The van der Waals surface area contributed by atoms with Gasteiger partial charge in [0.05, 0.1) is 20.8 Å². The Kier molecular flexibility index (Phi) is 13.2. The van der Waals surface area contributed by atoms with Gasteiger partial charge in [-0.15, -0.1) is 0 Å². The minimum atomic E-state index is -1.97. The highest BCUT2D eigenvalue weighted by Crippen LogP contribution is 2.18. The van der Waals surface area contributed by atoms with Gasteiger partial charge in [0.1, 0.15) is 23.0 Å². The fourth-order valence-corrected chi connectivity index (χ4v) is 2.62. The molecular formula is C22H29F3N2O7. The zero-order valence-corrected chi connectivity index (χ0v) is 19.7. The van der Waals surface area contributed by atoms with E-state index in [9.17, 15) is 37.8 Å². The molecule has 34 heavy (non-hydrogen) atoms.